The molecule has 0 radical (unpaired) electrons. The molecule has 0 aromatic carbocycles. The van der Waals surface area contributed by atoms with E-state index in [9.17, 15) is 0 Å². The van der Waals surface area contributed by atoms with Crippen LogP contribution in [0, 0.1) is 0 Å². The SMILES string of the molecule is c1cnc2c(c1)cc(C1CCCNC1)n2Cc1ccoc1. The average Bonchev–Trinajstić information content (AvgIpc) is 3.17. The van der Waals surface area contributed by atoms with Crippen molar-refractivity contribution in [2.45, 2.75) is 25.3 Å². The van der Waals surface area contributed by atoms with Gasteiger partial charge < -0.3 is 14.3 Å². The molecular formula is C17H19N3O. The van der Waals surface area contributed by atoms with Crippen molar-refractivity contribution in [1.82, 2.24) is 14.9 Å². The van der Waals surface area contributed by atoms with Crippen LogP contribution in [-0.2, 0) is 6.54 Å². The smallest absolute Gasteiger partial charge is 0.140 e. The molecule has 0 aliphatic carbocycles. The Bertz CT molecular complexity index is 724. The number of aromatic nitrogens is 2. The first-order chi connectivity index (χ1) is 10.4. The van der Waals surface area contributed by atoms with Gasteiger partial charge in [0, 0.05) is 35.3 Å². The molecule has 1 unspecified atom stereocenters. The van der Waals surface area contributed by atoms with E-state index in [1.807, 2.05) is 24.6 Å². The summed E-state index contributed by atoms with van der Waals surface area (Å²) in [4.78, 5) is 4.59. The Labute approximate surface area is 123 Å². The second-order valence-corrected chi connectivity index (χ2v) is 5.75. The minimum Gasteiger partial charge on any atom is -0.472 e. The number of rotatable bonds is 3. The van der Waals surface area contributed by atoms with Crippen LogP contribution in [0.2, 0.25) is 0 Å². The van der Waals surface area contributed by atoms with E-state index in [2.05, 4.69) is 27.0 Å². The van der Waals surface area contributed by atoms with Crippen LogP contribution in [0.1, 0.15) is 30.0 Å². The molecule has 4 heteroatoms. The Kier molecular flexibility index (Phi) is 3.24. The Morgan fingerprint density at radius 1 is 1.38 bits per heavy atom. The fourth-order valence-corrected chi connectivity index (χ4v) is 3.28. The lowest BCUT2D eigenvalue weighted by Gasteiger charge is -2.24. The summed E-state index contributed by atoms with van der Waals surface area (Å²) < 4.78 is 7.56. The number of hydrogen-bond donors (Lipinski definition) is 1. The summed E-state index contributed by atoms with van der Waals surface area (Å²) in [6, 6.07) is 8.49. The van der Waals surface area contributed by atoms with Gasteiger partial charge in [0.2, 0.25) is 0 Å². The molecule has 4 nitrogen and oxygen atoms in total. The highest BCUT2D eigenvalue weighted by atomic mass is 16.3. The summed E-state index contributed by atoms with van der Waals surface area (Å²) in [6.07, 6.45) is 7.91. The van der Waals surface area contributed by atoms with Crippen LogP contribution in [0.5, 0.6) is 0 Å². The van der Waals surface area contributed by atoms with E-state index in [0.717, 1.165) is 25.3 Å². The number of piperidine rings is 1. The zero-order valence-corrected chi connectivity index (χ0v) is 12.0. The highest BCUT2D eigenvalue weighted by molar-refractivity contribution is 5.77. The number of pyridine rings is 1. The molecule has 1 atom stereocenters. The molecule has 108 valence electrons. The second-order valence-electron chi connectivity index (χ2n) is 5.75. The van der Waals surface area contributed by atoms with Crippen LogP contribution in [0.3, 0.4) is 0 Å². The Hall–Kier alpha value is -2.07. The highest BCUT2D eigenvalue weighted by Gasteiger charge is 2.21. The summed E-state index contributed by atoms with van der Waals surface area (Å²) in [6.45, 7) is 3.02. The van der Waals surface area contributed by atoms with Gasteiger partial charge in [0.1, 0.15) is 5.65 Å². The summed E-state index contributed by atoms with van der Waals surface area (Å²) in [5, 5.41) is 4.74. The van der Waals surface area contributed by atoms with Crippen molar-refractivity contribution < 1.29 is 4.42 Å². The number of furan rings is 1. The van der Waals surface area contributed by atoms with Gasteiger partial charge >= 0.3 is 0 Å². The maximum absolute atomic E-state index is 5.21. The average molecular weight is 281 g/mol. The lowest BCUT2D eigenvalue weighted by atomic mass is 9.96. The van der Waals surface area contributed by atoms with E-state index in [-0.39, 0.29) is 0 Å². The van der Waals surface area contributed by atoms with Crippen LogP contribution < -0.4 is 5.32 Å². The Balaban J connectivity index is 1.80. The molecule has 0 amide bonds. The van der Waals surface area contributed by atoms with Crippen LogP contribution >= 0.6 is 0 Å². The molecule has 1 saturated heterocycles. The normalized spacial score (nSPS) is 19.1. The number of nitrogens with one attached hydrogen (secondary N) is 1. The number of nitrogens with zero attached hydrogens (tertiary/aromatic N) is 2. The summed E-state index contributed by atoms with van der Waals surface area (Å²) in [5.74, 6) is 0.569. The van der Waals surface area contributed by atoms with Crippen molar-refractivity contribution in [2.75, 3.05) is 13.1 Å². The first kappa shape index (κ1) is 12.7. The number of hydrogen-bond acceptors (Lipinski definition) is 3. The van der Waals surface area contributed by atoms with Crippen LogP contribution in [0.4, 0.5) is 0 Å². The fourth-order valence-electron chi connectivity index (χ4n) is 3.28. The quantitative estimate of drug-likeness (QED) is 0.802. The minimum atomic E-state index is 0.569. The molecular weight excluding hydrogens is 262 g/mol. The molecule has 0 bridgehead atoms. The molecule has 21 heavy (non-hydrogen) atoms. The van der Waals surface area contributed by atoms with Gasteiger partial charge in [-0.25, -0.2) is 4.98 Å². The van der Waals surface area contributed by atoms with Gasteiger partial charge in [-0.3, -0.25) is 0 Å². The van der Waals surface area contributed by atoms with E-state index in [4.69, 9.17) is 4.42 Å². The summed E-state index contributed by atoms with van der Waals surface area (Å²) >= 11 is 0. The second kappa shape index (κ2) is 5.37. The minimum absolute atomic E-state index is 0.569. The first-order valence-electron chi connectivity index (χ1n) is 7.58. The molecule has 1 N–H and O–H groups in total. The third kappa shape index (κ3) is 2.36. The monoisotopic (exact) mass is 281 g/mol. The van der Waals surface area contributed by atoms with Gasteiger partial charge in [0.15, 0.2) is 0 Å². The molecule has 0 spiro atoms. The number of fused-ring (bicyclic) bond motifs is 1. The third-order valence-corrected chi connectivity index (χ3v) is 4.32. The third-order valence-electron chi connectivity index (χ3n) is 4.32. The molecule has 3 aromatic heterocycles. The zero-order chi connectivity index (χ0) is 14.1. The lowest BCUT2D eigenvalue weighted by molar-refractivity contribution is 0.445. The van der Waals surface area contributed by atoms with E-state index < -0.39 is 0 Å². The van der Waals surface area contributed by atoms with Crippen molar-refractivity contribution in [2.24, 2.45) is 0 Å². The predicted octanol–water partition coefficient (Wildman–Crippen LogP) is 3.14. The van der Waals surface area contributed by atoms with Gasteiger partial charge in [-0.1, -0.05) is 0 Å². The largest absolute Gasteiger partial charge is 0.472 e. The Morgan fingerprint density at radius 2 is 2.38 bits per heavy atom. The molecule has 3 aromatic rings. The van der Waals surface area contributed by atoms with Crippen molar-refractivity contribution in [3.8, 4) is 0 Å². The van der Waals surface area contributed by atoms with E-state index in [1.165, 1.54) is 29.5 Å². The molecule has 0 saturated carbocycles. The standard InChI is InChI=1S/C17H19N3O/c1-4-15(10-18-6-1)16-9-14-3-2-7-19-17(14)20(16)11-13-5-8-21-12-13/h2-3,5,7-9,12,15,18H,1,4,6,10-11H2. The maximum atomic E-state index is 5.21. The van der Waals surface area contributed by atoms with Gasteiger partial charge in [-0.15, -0.1) is 0 Å². The summed E-state index contributed by atoms with van der Waals surface area (Å²) in [7, 11) is 0. The molecule has 4 heterocycles. The van der Waals surface area contributed by atoms with Gasteiger partial charge in [-0.05, 0) is 43.7 Å². The zero-order valence-electron chi connectivity index (χ0n) is 12.0. The topological polar surface area (TPSA) is 43.0 Å². The maximum Gasteiger partial charge on any atom is 0.140 e. The van der Waals surface area contributed by atoms with E-state index in [0.29, 0.717) is 5.92 Å². The summed E-state index contributed by atoms with van der Waals surface area (Å²) in [5.41, 5.74) is 3.64. The molecule has 1 fully saturated rings. The fraction of sp³-hybridized carbons (Fsp3) is 0.353. The molecule has 4 rings (SSSR count). The van der Waals surface area contributed by atoms with E-state index in [1.54, 1.807) is 6.26 Å². The van der Waals surface area contributed by atoms with Crippen molar-refractivity contribution in [1.29, 1.82) is 0 Å². The lowest BCUT2D eigenvalue weighted by Crippen LogP contribution is -2.29. The van der Waals surface area contributed by atoms with Gasteiger partial charge in [0.25, 0.3) is 0 Å². The first-order valence-corrected chi connectivity index (χ1v) is 7.58. The van der Waals surface area contributed by atoms with Crippen LogP contribution in [0.25, 0.3) is 11.0 Å². The highest BCUT2D eigenvalue weighted by Crippen LogP contribution is 2.29. The van der Waals surface area contributed by atoms with Gasteiger partial charge in [0.05, 0.1) is 19.1 Å². The van der Waals surface area contributed by atoms with Crippen LogP contribution in [-0.4, -0.2) is 22.6 Å². The van der Waals surface area contributed by atoms with Crippen molar-refractivity contribution in [3.63, 3.8) is 0 Å². The van der Waals surface area contributed by atoms with E-state index >= 15 is 0 Å². The predicted molar refractivity (Wildman–Crippen MR) is 82.4 cm³/mol. The molecule has 1 aliphatic rings. The van der Waals surface area contributed by atoms with Crippen molar-refractivity contribution in [3.05, 3.63) is 54.2 Å². The van der Waals surface area contributed by atoms with Gasteiger partial charge in [-0.2, -0.15) is 0 Å². The Morgan fingerprint density at radius 3 is 3.19 bits per heavy atom. The molecule has 1 aliphatic heterocycles. The van der Waals surface area contributed by atoms with Crippen LogP contribution in [0.15, 0.2) is 47.4 Å². The van der Waals surface area contributed by atoms with Crippen molar-refractivity contribution >= 4 is 11.0 Å².